The van der Waals surface area contributed by atoms with Crippen molar-refractivity contribution in [3.8, 4) is 16.9 Å². The van der Waals surface area contributed by atoms with Crippen molar-refractivity contribution in [3.63, 3.8) is 0 Å². The summed E-state index contributed by atoms with van der Waals surface area (Å²) >= 11 is 0. The van der Waals surface area contributed by atoms with Gasteiger partial charge < -0.3 is 15.6 Å². The minimum Gasteiger partial charge on any atom is -0.491 e. The average Bonchev–Trinajstić information content (AvgIpc) is 3.17. The SMILES string of the molecule is N=C(N)c1ccc(-c2ccc(OC[C@@H]3C[C@@H](CC(=O)O)C(=O)N3C(=O)c3cccnc3)cc2)cc1. The molecule has 35 heavy (non-hydrogen) atoms. The molecule has 4 rings (SSSR count). The highest BCUT2D eigenvalue weighted by molar-refractivity contribution is 6.07. The van der Waals surface area contributed by atoms with Gasteiger partial charge in [-0.25, -0.2) is 0 Å². The topological polar surface area (TPSA) is 147 Å². The molecule has 1 aromatic heterocycles. The molecule has 0 spiro atoms. The van der Waals surface area contributed by atoms with E-state index >= 15 is 0 Å². The lowest BCUT2D eigenvalue weighted by molar-refractivity contribution is -0.141. The number of benzene rings is 2. The molecule has 0 saturated carbocycles. The molecule has 2 aromatic carbocycles. The maximum Gasteiger partial charge on any atom is 0.304 e. The smallest absolute Gasteiger partial charge is 0.304 e. The number of aliphatic carboxylic acids is 1. The van der Waals surface area contributed by atoms with E-state index in [1.165, 1.54) is 12.4 Å². The Morgan fingerprint density at radius 2 is 1.71 bits per heavy atom. The van der Waals surface area contributed by atoms with Crippen LogP contribution in [0.4, 0.5) is 0 Å². The zero-order valence-corrected chi connectivity index (χ0v) is 18.8. The van der Waals surface area contributed by atoms with Crippen LogP contribution in [0.5, 0.6) is 5.75 Å². The van der Waals surface area contributed by atoms with E-state index in [0.717, 1.165) is 16.0 Å². The molecule has 4 N–H and O–H groups in total. The maximum atomic E-state index is 13.0. The van der Waals surface area contributed by atoms with Gasteiger partial charge in [-0.15, -0.1) is 0 Å². The lowest BCUT2D eigenvalue weighted by Gasteiger charge is -2.23. The third-order valence-corrected chi connectivity index (χ3v) is 5.88. The molecule has 0 bridgehead atoms. The van der Waals surface area contributed by atoms with E-state index in [1.54, 1.807) is 36.4 Å². The summed E-state index contributed by atoms with van der Waals surface area (Å²) in [6.45, 7) is 0.0422. The second-order valence-corrected chi connectivity index (χ2v) is 8.27. The summed E-state index contributed by atoms with van der Waals surface area (Å²) in [5, 5.41) is 16.7. The molecule has 1 aliphatic rings. The average molecular weight is 473 g/mol. The van der Waals surface area contributed by atoms with Crippen LogP contribution in [0.3, 0.4) is 0 Å². The number of carboxylic acids is 1. The minimum atomic E-state index is -1.09. The van der Waals surface area contributed by atoms with Gasteiger partial charge in [0.1, 0.15) is 18.2 Å². The Morgan fingerprint density at radius 3 is 2.29 bits per heavy atom. The Morgan fingerprint density at radius 1 is 1.06 bits per heavy atom. The summed E-state index contributed by atoms with van der Waals surface area (Å²) in [5.74, 6) is -2.36. The van der Waals surface area contributed by atoms with Crippen molar-refractivity contribution in [1.29, 1.82) is 5.41 Å². The molecular formula is C26H24N4O5. The molecule has 2 heterocycles. The number of nitrogen functional groups attached to an aromatic ring is 1. The van der Waals surface area contributed by atoms with Gasteiger partial charge in [0.2, 0.25) is 5.91 Å². The molecule has 1 aliphatic heterocycles. The molecule has 1 fully saturated rings. The Hall–Kier alpha value is -4.53. The molecule has 0 unspecified atom stereocenters. The van der Waals surface area contributed by atoms with E-state index in [1.807, 2.05) is 24.3 Å². The van der Waals surface area contributed by atoms with Crippen molar-refractivity contribution in [1.82, 2.24) is 9.88 Å². The second-order valence-electron chi connectivity index (χ2n) is 8.27. The molecular weight excluding hydrogens is 448 g/mol. The number of carbonyl (C=O) groups is 3. The van der Waals surface area contributed by atoms with Crippen LogP contribution in [-0.4, -0.2) is 51.3 Å². The molecule has 9 nitrogen and oxygen atoms in total. The predicted octanol–water partition coefficient (Wildman–Crippen LogP) is 2.94. The van der Waals surface area contributed by atoms with Crippen LogP contribution in [0.2, 0.25) is 0 Å². The lowest BCUT2D eigenvalue weighted by Crippen LogP contribution is -2.42. The number of likely N-dealkylation sites (tertiary alicyclic amines) is 1. The van der Waals surface area contributed by atoms with Crippen LogP contribution in [0, 0.1) is 11.3 Å². The monoisotopic (exact) mass is 472 g/mol. The Labute approximate surface area is 201 Å². The number of amidine groups is 1. The van der Waals surface area contributed by atoms with Crippen LogP contribution in [0.15, 0.2) is 73.1 Å². The van der Waals surface area contributed by atoms with Gasteiger partial charge in [-0.3, -0.25) is 29.7 Å². The number of ether oxygens (including phenoxy) is 1. The quantitative estimate of drug-likeness (QED) is 0.259. The number of pyridine rings is 1. The van der Waals surface area contributed by atoms with Crippen molar-refractivity contribution >= 4 is 23.6 Å². The van der Waals surface area contributed by atoms with Crippen molar-refractivity contribution < 1.29 is 24.2 Å². The fourth-order valence-corrected chi connectivity index (χ4v) is 4.11. The van der Waals surface area contributed by atoms with Gasteiger partial charge in [-0.2, -0.15) is 0 Å². The molecule has 178 valence electrons. The van der Waals surface area contributed by atoms with Crippen molar-refractivity contribution in [2.24, 2.45) is 11.7 Å². The standard InChI is InChI=1S/C26H24N4O5/c27-24(28)18-5-3-16(4-6-18)17-7-9-22(10-8-17)35-15-21-12-20(13-23(31)32)26(34)30(21)25(33)19-2-1-11-29-14-19/h1-11,14,20-21H,12-13,15H2,(H3,27,28)(H,31,32)/t20-,21-/m0/s1. The van der Waals surface area contributed by atoms with Gasteiger partial charge in [-0.1, -0.05) is 36.4 Å². The minimum absolute atomic E-state index is 0.00680. The normalized spacial score (nSPS) is 17.3. The van der Waals surface area contributed by atoms with Crippen molar-refractivity contribution in [2.75, 3.05) is 6.61 Å². The van der Waals surface area contributed by atoms with Crippen LogP contribution in [-0.2, 0) is 9.59 Å². The Bertz CT molecular complexity index is 1240. The van der Waals surface area contributed by atoms with Gasteiger partial charge in [0, 0.05) is 18.0 Å². The fourth-order valence-electron chi connectivity index (χ4n) is 4.11. The van der Waals surface area contributed by atoms with E-state index in [4.69, 9.17) is 15.9 Å². The Balaban J connectivity index is 1.47. The highest BCUT2D eigenvalue weighted by Gasteiger charge is 2.44. The number of nitrogens with one attached hydrogen (secondary N) is 1. The maximum absolute atomic E-state index is 13.0. The number of aromatic nitrogens is 1. The summed E-state index contributed by atoms with van der Waals surface area (Å²) < 4.78 is 5.90. The molecule has 3 aromatic rings. The number of nitrogens with two attached hydrogens (primary N) is 1. The summed E-state index contributed by atoms with van der Waals surface area (Å²) in [6, 6.07) is 17.2. The first kappa shape index (κ1) is 23.6. The van der Waals surface area contributed by atoms with Gasteiger partial charge >= 0.3 is 5.97 Å². The summed E-state index contributed by atoms with van der Waals surface area (Å²) in [6.07, 6.45) is 2.76. The summed E-state index contributed by atoms with van der Waals surface area (Å²) in [5.41, 5.74) is 8.29. The highest BCUT2D eigenvalue weighted by Crippen LogP contribution is 2.30. The van der Waals surface area contributed by atoms with Gasteiger partial charge in [0.15, 0.2) is 0 Å². The van der Waals surface area contributed by atoms with Gasteiger partial charge in [-0.05, 0) is 41.8 Å². The fraction of sp³-hybridized carbons (Fsp3) is 0.192. The molecule has 0 aliphatic carbocycles. The number of hydrogen-bond acceptors (Lipinski definition) is 6. The highest BCUT2D eigenvalue weighted by atomic mass is 16.5. The number of nitrogens with zero attached hydrogens (tertiary/aromatic N) is 2. The van der Waals surface area contributed by atoms with E-state index in [2.05, 4.69) is 4.98 Å². The molecule has 9 heteroatoms. The Kier molecular flexibility index (Phi) is 6.86. The number of hydrogen-bond donors (Lipinski definition) is 3. The number of imide groups is 1. The van der Waals surface area contributed by atoms with E-state index in [0.29, 0.717) is 11.3 Å². The first-order valence-corrected chi connectivity index (χ1v) is 11.0. The van der Waals surface area contributed by atoms with Gasteiger partial charge in [0.05, 0.1) is 23.9 Å². The number of carboxylic acid groups (broad SMARTS) is 1. The number of rotatable bonds is 8. The lowest BCUT2D eigenvalue weighted by atomic mass is 10.0. The largest absolute Gasteiger partial charge is 0.491 e. The van der Waals surface area contributed by atoms with Crippen molar-refractivity contribution in [3.05, 3.63) is 84.2 Å². The molecule has 0 radical (unpaired) electrons. The van der Waals surface area contributed by atoms with Crippen molar-refractivity contribution in [2.45, 2.75) is 18.9 Å². The summed E-state index contributed by atoms with van der Waals surface area (Å²) in [7, 11) is 0. The number of carbonyl (C=O) groups excluding carboxylic acids is 2. The summed E-state index contributed by atoms with van der Waals surface area (Å²) in [4.78, 5) is 42.2. The first-order valence-electron chi connectivity index (χ1n) is 11.0. The van der Waals surface area contributed by atoms with E-state index in [9.17, 15) is 19.5 Å². The van der Waals surface area contributed by atoms with Gasteiger partial charge in [0.25, 0.3) is 5.91 Å². The van der Waals surface area contributed by atoms with Crippen LogP contribution in [0.1, 0.15) is 28.8 Å². The second kappa shape index (κ2) is 10.2. The zero-order valence-electron chi connectivity index (χ0n) is 18.8. The third-order valence-electron chi connectivity index (χ3n) is 5.88. The molecule has 1 saturated heterocycles. The molecule has 2 amide bonds. The third kappa shape index (κ3) is 5.35. The van der Waals surface area contributed by atoms with Crippen LogP contribution < -0.4 is 10.5 Å². The first-order chi connectivity index (χ1) is 16.8. The van der Waals surface area contributed by atoms with Crippen LogP contribution >= 0.6 is 0 Å². The zero-order chi connectivity index (χ0) is 24.9. The predicted molar refractivity (Wildman–Crippen MR) is 128 cm³/mol. The van der Waals surface area contributed by atoms with Crippen LogP contribution in [0.25, 0.3) is 11.1 Å². The van der Waals surface area contributed by atoms with E-state index < -0.39 is 29.7 Å². The number of amides is 2. The van der Waals surface area contributed by atoms with E-state index in [-0.39, 0.29) is 30.8 Å². The molecule has 2 atom stereocenters.